The highest BCUT2D eigenvalue weighted by molar-refractivity contribution is 4.72. The van der Waals surface area contributed by atoms with Crippen molar-refractivity contribution in [3.05, 3.63) is 0 Å². The smallest absolute Gasteiger partial charge is 0.00997 e. The molecule has 59 valence electrons. The van der Waals surface area contributed by atoms with Crippen molar-refractivity contribution >= 4 is 0 Å². The van der Waals surface area contributed by atoms with Gasteiger partial charge in [-0.1, -0.05) is 38.5 Å². The average molecular weight is 140 g/mol. The molecule has 0 aliphatic heterocycles. The first-order chi connectivity index (χ1) is 4.93. The summed E-state index contributed by atoms with van der Waals surface area (Å²) in [6.07, 6.45) is 9.66. The van der Waals surface area contributed by atoms with Crippen molar-refractivity contribution in [2.24, 2.45) is 5.92 Å². The quantitative estimate of drug-likeness (QED) is 0.506. The zero-order valence-corrected chi connectivity index (χ0v) is 6.73. The Morgan fingerprint density at radius 1 is 1.00 bits per heavy atom. The van der Waals surface area contributed by atoms with Gasteiger partial charge in [0.05, 0.1) is 0 Å². The summed E-state index contributed by atoms with van der Waals surface area (Å²) in [5.41, 5.74) is 6.94. The second-order valence-electron chi connectivity index (χ2n) is 3.40. The molecule has 1 aliphatic carbocycles. The van der Waals surface area contributed by atoms with Gasteiger partial charge in [0.25, 0.3) is 0 Å². The summed E-state index contributed by atoms with van der Waals surface area (Å²) in [7, 11) is 0. The number of hydrogen-bond acceptors (Lipinski definition) is 0. The summed E-state index contributed by atoms with van der Waals surface area (Å²) >= 11 is 0. The van der Waals surface area contributed by atoms with E-state index in [1.807, 2.05) is 0 Å². The average Bonchev–Trinajstić information content (AvgIpc) is 2.71. The van der Waals surface area contributed by atoms with Crippen molar-refractivity contribution in [3.8, 4) is 0 Å². The molecule has 0 unspecified atom stereocenters. The van der Waals surface area contributed by atoms with Crippen LogP contribution < -0.4 is 5.73 Å². The molecule has 0 saturated heterocycles. The van der Waals surface area contributed by atoms with E-state index >= 15 is 0 Å². The van der Waals surface area contributed by atoms with E-state index < -0.39 is 0 Å². The van der Waals surface area contributed by atoms with E-state index in [9.17, 15) is 0 Å². The Labute approximate surface area is 64.0 Å². The third-order valence-corrected chi connectivity index (χ3v) is 2.24. The minimum Gasteiger partial charge on any atom is -0.258 e. The third kappa shape index (κ3) is 3.89. The fraction of sp³-hybridized carbons (Fsp3) is 1.00. The molecule has 10 heavy (non-hydrogen) atoms. The molecular weight excluding hydrogens is 122 g/mol. The van der Waals surface area contributed by atoms with Gasteiger partial charge in [-0.2, -0.15) is 0 Å². The van der Waals surface area contributed by atoms with Crippen LogP contribution in [0.5, 0.6) is 0 Å². The standard InChI is InChI=1S/C9H18N/c10-8-4-2-1-3-5-9-6-7-9/h9-10H,1-8H2. The lowest BCUT2D eigenvalue weighted by Crippen LogP contribution is -1.85. The molecule has 0 bridgehead atoms. The van der Waals surface area contributed by atoms with Crippen molar-refractivity contribution in [3.63, 3.8) is 0 Å². The van der Waals surface area contributed by atoms with Crippen LogP contribution in [0.25, 0.3) is 0 Å². The normalized spacial score (nSPS) is 17.7. The molecule has 1 aliphatic rings. The molecule has 0 aromatic carbocycles. The Balaban J connectivity index is 1.68. The van der Waals surface area contributed by atoms with Crippen LogP contribution in [-0.2, 0) is 0 Å². The summed E-state index contributed by atoms with van der Waals surface area (Å²) in [5, 5.41) is 0. The summed E-state index contributed by atoms with van der Waals surface area (Å²) in [6, 6.07) is 0. The molecule has 1 N–H and O–H groups in total. The van der Waals surface area contributed by atoms with Gasteiger partial charge < -0.3 is 0 Å². The summed E-state index contributed by atoms with van der Waals surface area (Å²) in [5.74, 6) is 1.11. The maximum absolute atomic E-state index is 6.94. The van der Waals surface area contributed by atoms with Crippen molar-refractivity contribution in [1.29, 1.82) is 0 Å². The Bertz CT molecular complexity index is 76.8. The molecule has 1 heteroatoms. The highest BCUT2D eigenvalue weighted by Gasteiger charge is 2.19. The van der Waals surface area contributed by atoms with E-state index in [4.69, 9.17) is 5.73 Å². The van der Waals surface area contributed by atoms with Crippen LogP contribution in [0.4, 0.5) is 0 Å². The van der Waals surface area contributed by atoms with Crippen LogP contribution in [0.2, 0.25) is 0 Å². The largest absolute Gasteiger partial charge is 0.258 e. The molecule has 0 aromatic rings. The first-order valence-electron chi connectivity index (χ1n) is 4.58. The Kier molecular flexibility index (Phi) is 3.81. The number of nitrogens with one attached hydrogen (secondary N) is 1. The molecule has 1 fully saturated rings. The lowest BCUT2D eigenvalue weighted by Gasteiger charge is -1.96. The van der Waals surface area contributed by atoms with E-state index in [-0.39, 0.29) is 0 Å². The fourth-order valence-electron chi connectivity index (χ4n) is 1.32. The minimum absolute atomic E-state index is 0.628. The number of rotatable bonds is 6. The predicted molar refractivity (Wildman–Crippen MR) is 43.8 cm³/mol. The second-order valence-corrected chi connectivity index (χ2v) is 3.40. The van der Waals surface area contributed by atoms with Gasteiger partial charge in [-0.15, -0.1) is 0 Å². The summed E-state index contributed by atoms with van der Waals surface area (Å²) in [4.78, 5) is 0. The first-order valence-corrected chi connectivity index (χ1v) is 4.58. The molecule has 1 rings (SSSR count). The fourth-order valence-corrected chi connectivity index (χ4v) is 1.32. The third-order valence-electron chi connectivity index (χ3n) is 2.24. The van der Waals surface area contributed by atoms with E-state index in [1.54, 1.807) is 0 Å². The van der Waals surface area contributed by atoms with Gasteiger partial charge in [0.2, 0.25) is 0 Å². The number of unbranched alkanes of at least 4 members (excludes halogenated alkanes) is 3. The molecule has 0 spiro atoms. The van der Waals surface area contributed by atoms with Crippen LogP contribution in [-0.4, -0.2) is 6.54 Å². The SMILES string of the molecule is [NH]CCCCCCC1CC1. The van der Waals surface area contributed by atoms with Gasteiger partial charge in [0.1, 0.15) is 0 Å². The van der Waals surface area contributed by atoms with Crippen molar-refractivity contribution in [2.75, 3.05) is 6.54 Å². The Hall–Kier alpha value is -0.0400. The van der Waals surface area contributed by atoms with Crippen LogP contribution in [0.3, 0.4) is 0 Å². The minimum atomic E-state index is 0.628. The van der Waals surface area contributed by atoms with E-state index in [1.165, 1.54) is 38.5 Å². The molecule has 0 heterocycles. The monoisotopic (exact) mass is 140 g/mol. The first kappa shape index (κ1) is 8.06. The van der Waals surface area contributed by atoms with Gasteiger partial charge in [-0.25, -0.2) is 0 Å². The van der Waals surface area contributed by atoms with Crippen molar-refractivity contribution in [1.82, 2.24) is 5.73 Å². The van der Waals surface area contributed by atoms with Crippen molar-refractivity contribution in [2.45, 2.75) is 44.9 Å². The Morgan fingerprint density at radius 3 is 2.30 bits per heavy atom. The summed E-state index contributed by atoms with van der Waals surface area (Å²) in [6.45, 7) is 0.628. The molecule has 1 nitrogen and oxygen atoms in total. The molecular formula is C9H18N. The number of hydrogen-bond donors (Lipinski definition) is 0. The maximum atomic E-state index is 6.94. The van der Waals surface area contributed by atoms with Crippen LogP contribution in [0.15, 0.2) is 0 Å². The highest BCUT2D eigenvalue weighted by atomic mass is 14.5. The van der Waals surface area contributed by atoms with Crippen molar-refractivity contribution < 1.29 is 0 Å². The van der Waals surface area contributed by atoms with Gasteiger partial charge >= 0.3 is 0 Å². The topological polar surface area (TPSA) is 23.8 Å². The van der Waals surface area contributed by atoms with Crippen LogP contribution >= 0.6 is 0 Å². The van der Waals surface area contributed by atoms with Gasteiger partial charge in [0.15, 0.2) is 0 Å². The lowest BCUT2D eigenvalue weighted by atomic mass is 10.1. The van der Waals surface area contributed by atoms with Gasteiger partial charge in [-0.05, 0) is 12.3 Å². The van der Waals surface area contributed by atoms with Crippen LogP contribution in [0, 0.1) is 5.92 Å². The zero-order valence-electron chi connectivity index (χ0n) is 6.73. The highest BCUT2D eigenvalue weighted by Crippen LogP contribution is 2.33. The molecule has 0 aromatic heterocycles. The van der Waals surface area contributed by atoms with Gasteiger partial charge in [-0.3, -0.25) is 5.73 Å². The molecule has 0 atom stereocenters. The van der Waals surface area contributed by atoms with E-state index in [0.717, 1.165) is 12.3 Å². The molecule has 1 radical (unpaired) electrons. The Morgan fingerprint density at radius 2 is 1.70 bits per heavy atom. The molecule has 1 saturated carbocycles. The second kappa shape index (κ2) is 4.73. The van der Waals surface area contributed by atoms with Crippen LogP contribution in [0.1, 0.15) is 44.9 Å². The maximum Gasteiger partial charge on any atom is 0.00997 e. The molecule has 0 amide bonds. The predicted octanol–water partition coefficient (Wildman–Crippen LogP) is 2.63. The van der Waals surface area contributed by atoms with E-state index in [0.29, 0.717) is 6.54 Å². The zero-order chi connectivity index (χ0) is 7.23. The summed E-state index contributed by atoms with van der Waals surface area (Å²) < 4.78 is 0. The van der Waals surface area contributed by atoms with E-state index in [2.05, 4.69) is 0 Å². The lowest BCUT2D eigenvalue weighted by molar-refractivity contribution is 0.586. The van der Waals surface area contributed by atoms with Gasteiger partial charge in [0, 0.05) is 6.54 Å².